The number of aromatic amines is 1. The van der Waals surface area contributed by atoms with Gasteiger partial charge in [0.05, 0.1) is 18.2 Å². The second-order valence-electron chi connectivity index (χ2n) is 4.60. The lowest BCUT2D eigenvalue weighted by atomic mass is 10.0. The van der Waals surface area contributed by atoms with E-state index in [4.69, 9.17) is 4.74 Å². The van der Waals surface area contributed by atoms with E-state index in [-0.39, 0.29) is 11.3 Å². The van der Waals surface area contributed by atoms with Crippen LogP contribution in [0, 0.1) is 0 Å². The minimum absolute atomic E-state index is 0.155. The lowest BCUT2D eigenvalue weighted by Gasteiger charge is -2.13. The molecule has 19 heavy (non-hydrogen) atoms. The maximum absolute atomic E-state index is 13.1. The van der Waals surface area contributed by atoms with Gasteiger partial charge in [-0.25, -0.2) is 0 Å². The molecule has 0 amide bonds. The molecule has 2 N–H and O–H groups in total. The van der Waals surface area contributed by atoms with Gasteiger partial charge < -0.3 is 15.0 Å². The summed E-state index contributed by atoms with van der Waals surface area (Å²) in [6.45, 7) is 1.36. The van der Waals surface area contributed by atoms with Gasteiger partial charge in [-0.15, -0.1) is 0 Å². The SMILES string of the molecule is COc1cc(C(F)(F)F)c2[nH]c3c(c2c1)CNCC3. The van der Waals surface area contributed by atoms with Crippen LogP contribution in [0.3, 0.4) is 0 Å². The van der Waals surface area contributed by atoms with Crippen LogP contribution < -0.4 is 10.1 Å². The summed E-state index contributed by atoms with van der Waals surface area (Å²) >= 11 is 0. The van der Waals surface area contributed by atoms with Crippen LogP contribution in [-0.2, 0) is 19.1 Å². The number of rotatable bonds is 1. The number of halogens is 3. The summed E-state index contributed by atoms with van der Waals surface area (Å²) in [6.07, 6.45) is -3.68. The van der Waals surface area contributed by atoms with Crippen molar-refractivity contribution in [2.45, 2.75) is 19.1 Å². The van der Waals surface area contributed by atoms with Gasteiger partial charge >= 0.3 is 6.18 Å². The summed E-state index contributed by atoms with van der Waals surface area (Å²) in [7, 11) is 1.37. The Labute approximate surface area is 107 Å². The van der Waals surface area contributed by atoms with Gasteiger partial charge in [0, 0.05) is 30.6 Å². The number of H-pyrrole nitrogens is 1. The van der Waals surface area contributed by atoms with Gasteiger partial charge in [0.2, 0.25) is 0 Å². The Balaban J connectivity index is 2.33. The lowest BCUT2D eigenvalue weighted by Crippen LogP contribution is -2.22. The molecule has 6 heteroatoms. The van der Waals surface area contributed by atoms with Gasteiger partial charge in [0.25, 0.3) is 0 Å². The molecule has 1 aliphatic rings. The van der Waals surface area contributed by atoms with E-state index in [0.29, 0.717) is 18.4 Å². The zero-order valence-electron chi connectivity index (χ0n) is 10.3. The minimum Gasteiger partial charge on any atom is -0.497 e. The Hall–Kier alpha value is -1.69. The first kappa shape index (κ1) is 12.3. The van der Waals surface area contributed by atoms with Crippen LogP contribution in [0.1, 0.15) is 16.8 Å². The van der Waals surface area contributed by atoms with E-state index >= 15 is 0 Å². The van der Waals surface area contributed by atoms with Crippen LogP contribution in [-0.4, -0.2) is 18.6 Å². The number of hydrogen-bond acceptors (Lipinski definition) is 2. The van der Waals surface area contributed by atoms with Crippen molar-refractivity contribution in [1.82, 2.24) is 10.3 Å². The molecule has 0 saturated carbocycles. The third kappa shape index (κ3) is 1.96. The molecule has 0 aliphatic carbocycles. The van der Waals surface area contributed by atoms with Crippen molar-refractivity contribution >= 4 is 10.9 Å². The summed E-state index contributed by atoms with van der Waals surface area (Å²) in [5, 5.41) is 3.76. The van der Waals surface area contributed by atoms with Gasteiger partial charge in [-0.05, 0) is 17.7 Å². The van der Waals surface area contributed by atoms with Crippen LogP contribution >= 0.6 is 0 Å². The van der Waals surface area contributed by atoms with Crippen LogP contribution in [0.2, 0.25) is 0 Å². The standard InChI is InChI=1S/C13H13F3N2O/c1-19-7-4-8-9-6-17-3-2-11(9)18-12(8)10(5-7)13(14,15)16/h4-5,17-18H,2-3,6H2,1H3. The molecular weight excluding hydrogens is 257 g/mol. The Morgan fingerprint density at radius 2 is 2.05 bits per heavy atom. The zero-order chi connectivity index (χ0) is 13.6. The van der Waals surface area contributed by atoms with Crippen molar-refractivity contribution in [2.75, 3.05) is 13.7 Å². The number of ether oxygens (including phenoxy) is 1. The van der Waals surface area contributed by atoms with E-state index in [2.05, 4.69) is 10.3 Å². The molecule has 102 valence electrons. The molecule has 3 rings (SSSR count). The predicted molar refractivity (Wildman–Crippen MR) is 65.3 cm³/mol. The summed E-state index contributed by atoms with van der Waals surface area (Å²) in [6, 6.07) is 2.70. The molecule has 3 nitrogen and oxygen atoms in total. The van der Waals surface area contributed by atoms with Crippen molar-refractivity contribution in [1.29, 1.82) is 0 Å². The van der Waals surface area contributed by atoms with Crippen molar-refractivity contribution in [3.05, 3.63) is 29.0 Å². The van der Waals surface area contributed by atoms with Gasteiger partial charge in [-0.1, -0.05) is 0 Å². The number of alkyl halides is 3. The third-order valence-electron chi connectivity index (χ3n) is 3.47. The van der Waals surface area contributed by atoms with Gasteiger partial charge in [-0.3, -0.25) is 0 Å². The maximum Gasteiger partial charge on any atom is 0.418 e. The van der Waals surface area contributed by atoms with Gasteiger partial charge in [-0.2, -0.15) is 13.2 Å². The highest BCUT2D eigenvalue weighted by atomic mass is 19.4. The van der Waals surface area contributed by atoms with Crippen molar-refractivity contribution in [2.24, 2.45) is 0 Å². The topological polar surface area (TPSA) is 37.0 Å². The summed E-state index contributed by atoms with van der Waals surface area (Å²) in [5.41, 5.74) is 1.27. The maximum atomic E-state index is 13.1. The predicted octanol–water partition coefficient (Wildman–Crippen LogP) is 2.84. The van der Waals surface area contributed by atoms with E-state index in [9.17, 15) is 13.2 Å². The Morgan fingerprint density at radius 1 is 1.26 bits per heavy atom. The molecule has 2 heterocycles. The Bertz CT molecular complexity index is 631. The van der Waals surface area contributed by atoms with Crippen molar-refractivity contribution in [3.8, 4) is 5.75 Å². The van der Waals surface area contributed by atoms with E-state index < -0.39 is 11.7 Å². The number of aromatic nitrogens is 1. The highest BCUT2D eigenvalue weighted by Gasteiger charge is 2.35. The molecule has 1 aromatic carbocycles. The molecule has 1 aliphatic heterocycles. The highest BCUT2D eigenvalue weighted by Crippen LogP contribution is 2.39. The second-order valence-corrected chi connectivity index (χ2v) is 4.60. The fourth-order valence-electron chi connectivity index (χ4n) is 2.56. The monoisotopic (exact) mass is 270 g/mol. The Morgan fingerprint density at radius 3 is 2.74 bits per heavy atom. The van der Waals surface area contributed by atoms with E-state index in [1.807, 2.05) is 0 Å². The molecule has 0 atom stereocenters. The van der Waals surface area contributed by atoms with Crippen molar-refractivity contribution < 1.29 is 17.9 Å². The molecular formula is C13H13F3N2O. The molecule has 0 unspecified atom stereocenters. The van der Waals surface area contributed by atoms with Crippen molar-refractivity contribution in [3.63, 3.8) is 0 Å². The van der Waals surface area contributed by atoms with E-state index in [1.54, 1.807) is 6.07 Å². The molecule has 0 saturated heterocycles. The molecule has 2 aromatic rings. The Kier molecular flexibility index (Phi) is 2.70. The fourth-order valence-corrected chi connectivity index (χ4v) is 2.56. The second kappa shape index (κ2) is 4.16. The molecule has 0 bridgehead atoms. The van der Waals surface area contributed by atoms with Crippen LogP contribution in [0.25, 0.3) is 10.9 Å². The fraction of sp³-hybridized carbons (Fsp3) is 0.385. The summed E-state index contributed by atoms with van der Waals surface area (Å²) in [5.74, 6) is 0.229. The number of benzene rings is 1. The summed E-state index contributed by atoms with van der Waals surface area (Å²) < 4.78 is 44.3. The van der Waals surface area contributed by atoms with Crippen LogP contribution in [0.5, 0.6) is 5.75 Å². The van der Waals surface area contributed by atoms with Crippen LogP contribution in [0.4, 0.5) is 13.2 Å². The molecule has 1 aromatic heterocycles. The zero-order valence-corrected chi connectivity index (χ0v) is 10.3. The normalized spacial score (nSPS) is 15.6. The first-order valence-corrected chi connectivity index (χ1v) is 6.00. The van der Waals surface area contributed by atoms with Gasteiger partial charge in [0.15, 0.2) is 0 Å². The minimum atomic E-state index is -4.40. The van der Waals surface area contributed by atoms with E-state index in [1.165, 1.54) is 7.11 Å². The van der Waals surface area contributed by atoms with Gasteiger partial charge in [0.1, 0.15) is 5.75 Å². The quantitative estimate of drug-likeness (QED) is 0.836. The largest absolute Gasteiger partial charge is 0.497 e. The average molecular weight is 270 g/mol. The number of nitrogens with one attached hydrogen (secondary N) is 2. The van der Waals surface area contributed by atoms with E-state index in [0.717, 1.165) is 23.9 Å². The summed E-state index contributed by atoms with van der Waals surface area (Å²) in [4.78, 5) is 2.93. The van der Waals surface area contributed by atoms with Crippen LogP contribution in [0.15, 0.2) is 12.1 Å². The third-order valence-corrected chi connectivity index (χ3v) is 3.47. The smallest absolute Gasteiger partial charge is 0.418 e. The molecule has 0 spiro atoms. The lowest BCUT2D eigenvalue weighted by molar-refractivity contribution is -0.136. The number of fused-ring (bicyclic) bond motifs is 3. The number of methoxy groups -OCH3 is 1. The average Bonchev–Trinajstić information content (AvgIpc) is 2.74. The highest BCUT2D eigenvalue weighted by molar-refractivity contribution is 5.89. The first-order valence-electron chi connectivity index (χ1n) is 6.00. The number of hydrogen-bond donors (Lipinski definition) is 2. The molecule has 0 fully saturated rings. The molecule has 0 radical (unpaired) electrons. The first-order chi connectivity index (χ1) is 9.00.